The lowest BCUT2D eigenvalue weighted by Gasteiger charge is -2.07. The van der Waals surface area contributed by atoms with Gasteiger partial charge >= 0.3 is 0 Å². The molecule has 3 rings (SSSR count). The van der Waals surface area contributed by atoms with Crippen LogP contribution in [0.25, 0.3) is 0 Å². The second kappa shape index (κ2) is 7.73. The van der Waals surface area contributed by atoms with E-state index in [2.05, 4.69) is 15.6 Å². The van der Waals surface area contributed by atoms with Crippen LogP contribution in [0, 0.1) is 0 Å². The van der Waals surface area contributed by atoms with Crippen LogP contribution >= 0.6 is 0 Å². The minimum atomic E-state index is -0.0222. The Kier molecular flexibility index (Phi) is 5.21. The summed E-state index contributed by atoms with van der Waals surface area (Å²) in [6, 6.07) is 11.6. The molecule has 1 heterocycles. The Morgan fingerprint density at radius 2 is 1.67 bits per heavy atom. The van der Waals surface area contributed by atoms with Gasteiger partial charge in [0.15, 0.2) is 0 Å². The Bertz CT molecular complexity index is 694. The second-order valence-corrected chi connectivity index (χ2v) is 6.12. The Morgan fingerprint density at radius 1 is 0.958 bits per heavy atom. The molecule has 2 aromatic rings. The molecule has 124 valence electrons. The van der Waals surface area contributed by atoms with Gasteiger partial charge in [0.05, 0.1) is 6.42 Å². The number of aromatic nitrogens is 1. The van der Waals surface area contributed by atoms with Gasteiger partial charge < -0.3 is 10.6 Å². The molecule has 5 nitrogen and oxygen atoms in total. The van der Waals surface area contributed by atoms with E-state index >= 15 is 0 Å². The number of rotatable bonds is 7. The van der Waals surface area contributed by atoms with Crippen molar-refractivity contribution >= 4 is 17.5 Å². The number of nitrogens with one attached hydrogen (secondary N) is 2. The van der Waals surface area contributed by atoms with Crippen LogP contribution in [0.5, 0.6) is 0 Å². The van der Waals surface area contributed by atoms with E-state index in [1.165, 1.54) is 0 Å². The lowest BCUT2D eigenvalue weighted by atomic mass is 10.1. The summed E-state index contributed by atoms with van der Waals surface area (Å²) in [6.45, 7) is 0. The maximum atomic E-state index is 12.0. The Morgan fingerprint density at radius 3 is 2.33 bits per heavy atom. The molecule has 24 heavy (non-hydrogen) atoms. The highest BCUT2D eigenvalue weighted by Gasteiger charge is 2.22. The molecule has 2 N–H and O–H groups in total. The summed E-state index contributed by atoms with van der Waals surface area (Å²) < 4.78 is 0. The van der Waals surface area contributed by atoms with Crippen LogP contribution in [0.2, 0.25) is 0 Å². The molecule has 1 aliphatic carbocycles. The molecule has 1 aliphatic rings. The molecule has 2 amide bonds. The number of hydrogen-bond donors (Lipinski definition) is 2. The van der Waals surface area contributed by atoms with Crippen LogP contribution in [0.1, 0.15) is 30.4 Å². The molecular formula is C19H21N3O2. The van der Waals surface area contributed by atoms with Gasteiger partial charge in [-0.3, -0.25) is 14.6 Å². The fraction of sp³-hybridized carbons (Fsp3) is 0.316. The minimum Gasteiger partial charge on any atom is -0.353 e. The van der Waals surface area contributed by atoms with E-state index in [-0.39, 0.29) is 11.8 Å². The predicted molar refractivity (Wildman–Crippen MR) is 92.5 cm³/mol. The number of anilines is 1. The molecule has 0 saturated heterocycles. The number of carbonyl (C=O) groups excluding carboxylic acids is 2. The summed E-state index contributed by atoms with van der Waals surface area (Å²) in [5, 5.41) is 5.85. The van der Waals surface area contributed by atoms with E-state index in [1.54, 1.807) is 12.4 Å². The normalized spacial score (nSPS) is 13.3. The zero-order valence-corrected chi connectivity index (χ0v) is 13.5. The van der Waals surface area contributed by atoms with Crippen LogP contribution in [0.15, 0.2) is 48.8 Å². The first kappa shape index (κ1) is 16.2. The first-order valence-electron chi connectivity index (χ1n) is 8.26. The third-order valence-electron chi connectivity index (χ3n) is 3.93. The van der Waals surface area contributed by atoms with Crippen LogP contribution < -0.4 is 10.6 Å². The van der Waals surface area contributed by atoms with Crippen molar-refractivity contribution in [1.29, 1.82) is 0 Å². The third-order valence-corrected chi connectivity index (χ3v) is 3.93. The summed E-state index contributed by atoms with van der Waals surface area (Å²) in [5.41, 5.74) is 2.79. The first-order valence-corrected chi connectivity index (χ1v) is 8.26. The van der Waals surface area contributed by atoms with Gasteiger partial charge in [0.25, 0.3) is 0 Å². The highest BCUT2D eigenvalue weighted by molar-refractivity contribution is 5.90. The highest BCUT2D eigenvalue weighted by Crippen LogP contribution is 2.19. The highest BCUT2D eigenvalue weighted by atomic mass is 16.2. The lowest BCUT2D eigenvalue weighted by Crippen LogP contribution is -2.26. The van der Waals surface area contributed by atoms with Gasteiger partial charge in [0.1, 0.15) is 0 Å². The van der Waals surface area contributed by atoms with Gasteiger partial charge in [0, 0.05) is 30.5 Å². The number of pyridine rings is 1. The maximum absolute atomic E-state index is 12.0. The predicted octanol–water partition coefficient (Wildman–Crippen LogP) is 2.47. The topological polar surface area (TPSA) is 71.1 Å². The van der Waals surface area contributed by atoms with E-state index in [4.69, 9.17) is 0 Å². The van der Waals surface area contributed by atoms with Crippen molar-refractivity contribution in [2.45, 2.75) is 38.1 Å². The molecule has 0 spiro atoms. The summed E-state index contributed by atoms with van der Waals surface area (Å²) in [7, 11) is 0. The summed E-state index contributed by atoms with van der Waals surface area (Å²) in [4.78, 5) is 27.7. The Labute approximate surface area is 141 Å². The molecular weight excluding hydrogens is 302 g/mol. The van der Waals surface area contributed by atoms with Crippen LogP contribution in [0.3, 0.4) is 0 Å². The number of carbonyl (C=O) groups is 2. The number of nitrogens with zero attached hydrogens (tertiary/aromatic N) is 1. The molecule has 1 saturated carbocycles. The Balaban J connectivity index is 1.44. The maximum Gasteiger partial charge on any atom is 0.224 e. The van der Waals surface area contributed by atoms with Gasteiger partial charge in [-0.15, -0.1) is 0 Å². The lowest BCUT2D eigenvalue weighted by molar-refractivity contribution is -0.120. The summed E-state index contributed by atoms with van der Waals surface area (Å²) in [6.07, 6.45) is 7.14. The van der Waals surface area contributed by atoms with Crippen molar-refractivity contribution < 1.29 is 9.59 Å². The van der Waals surface area contributed by atoms with E-state index in [0.29, 0.717) is 25.3 Å². The molecule has 0 radical (unpaired) electrons. The van der Waals surface area contributed by atoms with Crippen LogP contribution in [-0.4, -0.2) is 22.8 Å². The third kappa shape index (κ3) is 5.19. The van der Waals surface area contributed by atoms with Gasteiger partial charge in [-0.05, 0) is 54.7 Å². The SMILES string of the molecule is O=C(CCc1ccncc1)Nc1ccc(CC(=O)NC2CC2)cc1. The van der Waals surface area contributed by atoms with E-state index in [9.17, 15) is 9.59 Å². The van der Waals surface area contributed by atoms with Crippen molar-refractivity contribution in [3.05, 3.63) is 59.9 Å². The van der Waals surface area contributed by atoms with E-state index < -0.39 is 0 Å². The average molecular weight is 323 g/mol. The number of aryl methyl sites for hydroxylation is 1. The van der Waals surface area contributed by atoms with Crippen LogP contribution in [-0.2, 0) is 22.4 Å². The minimum absolute atomic E-state index is 0.0222. The van der Waals surface area contributed by atoms with Gasteiger partial charge in [-0.2, -0.15) is 0 Å². The van der Waals surface area contributed by atoms with E-state index in [0.717, 1.165) is 29.7 Å². The van der Waals surface area contributed by atoms with Crippen molar-refractivity contribution in [2.24, 2.45) is 0 Å². The van der Waals surface area contributed by atoms with Crippen molar-refractivity contribution in [1.82, 2.24) is 10.3 Å². The molecule has 0 aliphatic heterocycles. The molecule has 5 heteroatoms. The van der Waals surface area contributed by atoms with Crippen LogP contribution in [0.4, 0.5) is 5.69 Å². The molecule has 1 aromatic carbocycles. The van der Waals surface area contributed by atoms with Gasteiger partial charge in [0.2, 0.25) is 11.8 Å². The molecule has 0 atom stereocenters. The quantitative estimate of drug-likeness (QED) is 0.822. The summed E-state index contributed by atoms with van der Waals surface area (Å²) in [5.74, 6) is 0.0395. The standard InChI is InChI=1S/C19H21N3O2/c23-18(8-3-14-9-11-20-12-10-14)21-16-4-1-15(2-5-16)13-19(24)22-17-6-7-17/h1-2,4-5,9-12,17H,3,6-8,13H2,(H,21,23)(H,22,24). The first-order chi connectivity index (χ1) is 11.7. The number of hydrogen-bond acceptors (Lipinski definition) is 3. The average Bonchev–Trinajstić information content (AvgIpc) is 3.39. The van der Waals surface area contributed by atoms with Crippen molar-refractivity contribution in [2.75, 3.05) is 5.32 Å². The fourth-order valence-electron chi connectivity index (χ4n) is 2.43. The van der Waals surface area contributed by atoms with Gasteiger partial charge in [-0.25, -0.2) is 0 Å². The Hall–Kier alpha value is -2.69. The fourth-order valence-corrected chi connectivity index (χ4v) is 2.43. The molecule has 1 aromatic heterocycles. The zero-order chi connectivity index (χ0) is 16.8. The van der Waals surface area contributed by atoms with Crippen molar-refractivity contribution in [3.63, 3.8) is 0 Å². The summed E-state index contributed by atoms with van der Waals surface area (Å²) >= 11 is 0. The zero-order valence-electron chi connectivity index (χ0n) is 13.5. The number of benzene rings is 1. The molecule has 0 bridgehead atoms. The monoisotopic (exact) mass is 323 g/mol. The molecule has 1 fully saturated rings. The van der Waals surface area contributed by atoms with Gasteiger partial charge in [-0.1, -0.05) is 12.1 Å². The number of amides is 2. The smallest absolute Gasteiger partial charge is 0.224 e. The molecule has 0 unspecified atom stereocenters. The second-order valence-electron chi connectivity index (χ2n) is 6.12. The largest absolute Gasteiger partial charge is 0.353 e. The van der Waals surface area contributed by atoms with E-state index in [1.807, 2.05) is 36.4 Å². The van der Waals surface area contributed by atoms with Crippen molar-refractivity contribution in [3.8, 4) is 0 Å².